The van der Waals surface area contributed by atoms with E-state index in [9.17, 15) is 4.79 Å². The van der Waals surface area contributed by atoms with Crippen molar-refractivity contribution in [1.82, 2.24) is 20.3 Å². The third kappa shape index (κ3) is 2.63. The summed E-state index contributed by atoms with van der Waals surface area (Å²) < 4.78 is 5.55. The van der Waals surface area contributed by atoms with Gasteiger partial charge in [-0.25, -0.2) is 0 Å². The fraction of sp³-hybridized carbons (Fsp3) is 0.769. The fourth-order valence-corrected chi connectivity index (χ4v) is 2.50. The van der Waals surface area contributed by atoms with Crippen molar-refractivity contribution in [2.45, 2.75) is 32.1 Å². The molecule has 0 aromatic carbocycles. The summed E-state index contributed by atoms with van der Waals surface area (Å²) in [5.41, 5.74) is 1.36. The molecule has 2 heterocycles. The third-order valence-corrected chi connectivity index (χ3v) is 3.94. The normalized spacial score (nSPS) is 24.3. The van der Waals surface area contributed by atoms with Gasteiger partial charge in [-0.3, -0.25) is 4.79 Å². The maximum Gasteiger partial charge on any atom is 0.276 e. The fourth-order valence-electron chi connectivity index (χ4n) is 2.50. The summed E-state index contributed by atoms with van der Waals surface area (Å²) in [7, 11) is 0. The van der Waals surface area contributed by atoms with Crippen molar-refractivity contribution in [3.63, 3.8) is 0 Å². The number of aromatic amines is 1. The molecule has 104 valence electrons. The van der Waals surface area contributed by atoms with E-state index in [-0.39, 0.29) is 5.91 Å². The van der Waals surface area contributed by atoms with E-state index in [4.69, 9.17) is 4.74 Å². The predicted octanol–water partition coefficient (Wildman–Crippen LogP) is 1.18. The number of ether oxygens (including phenoxy) is 1. The van der Waals surface area contributed by atoms with Gasteiger partial charge in [0.2, 0.25) is 0 Å². The first-order valence-corrected chi connectivity index (χ1v) is 7.07. The summed E-state index contributed by atoms with van der Waals surface area (Å²) in [6, 6.07) is 0. The summed E-state index contributed by atoms with van der Waals surface area (Å²) in [5.74, 6) is 0.852. The summed E-state index contributed by atoms with van der Waals surface area (Å²) in [6.07, 6.45) is 3.26. The number of aromatic nitrogens is 3. The zero-order valence-corrected chi connectivity index (χ0v) is 11.3. The van der Waals surface area contributed by atoms with Crippen LogP contribution in [0.5, 0.6) is 0 Å². The zero-order valence-electron chi connectivity index (χ0n) is 11.3. The molecule has 1 amide bonds. The van der Waals surface area contributed by atoms with Crippen LogP contribution in [0.25, 0.3) is 0 Å². The average molecular weight is 264 g/mol. The van der Waals surface area contributed by atoms with E-state index in [2.05, 4.69) is 22.3 Å². The van der Waals surface area contributed by atoms with Crippen LogP contribution < -0.4 is 0 Å². The standard InChI is InChI=1S/C13H20N4O2/c1-2-9-7-17(5-6-19-8-9)13(18)12-11(10-3-4-10)14-16-15-12/h9-10H,2-8H2,1H3,(H,14,15,16). The Morgan fingerprint density at radius 1 is 1.47 bits per heavy atom. The van der Waals surface area contributed by atoms with Gasteiger partial charge in [-0.15, -0.1) is 0 Å². The molecule has 1 saturated carbocycles. The van der Waals surface area contributed by atoms with E-state index in [1.54, 1.807) is 0 Å². The van der Waals surface area contributed by atoms with Crippen LogP contribution in [0.15, 0.2) is 0 Å². The van der Waals surface area contributed by atoms with Crippen molar-refractivity contribution in [3.05, 3.63) is 11.4 Å². The first-order valence-electron chi connectivity index (χ1n) is 7.07. The minimum absolute atomic E-state index is 0.000370. The van der Waals surface area contributed by atoms with E-state index < -0.39 is 0 Å². The molecule has 1 aliphatic heterocycles. The molecule has 6 nitrogen and oxygen atoms in total. The van der Waals surface area contributed by atoms with Crippen LogP contribution in [0.1, 0.15) is 48.3 Å². The molecule has 1 unspecified atom stereocenters. The van der Waals surface area contributed by atoms with Crippen LogP contribution in [0.3, 0.4) is 0 Å². The first kappa shape index (κ1) is 12.6. The van der Waals surface area contributed by atoms with E-state index in [1.165, 1.54) is 0 Å². The number of rotatable bonds is 3. The molecule has 1 saturated heterocycles. The second-order valence-electron chi connectivity index (χ2n) is 5.43. The number of carbonyl (C=O) groups excluding carboxylic acids is 1. The van der Waals surface area contributed by atoms with Gasteiger partial charge in [-0.2, -0.15) is 15.4 Å². The number of amides is 1. The Hall–Kier alpha value is -1.43. The molecule has 0 bridgehead atoms. The lowest BCUT2D eigenvalue weighted by molar-refractivity contribution is 0.0730. The molecule has 19 heavy (non-hydrogen) atoms. The largest absolute Gasteiger partial charge is 0.379 e. The van der Waals surface area contributed by atoms with Crippen molar-refractivity contribution in [1.29, 1.82) is 0 Å². The van der Waals surface area contributed by atoms with Crippen LogP contribution >= 0.6 is 0 Å². The molecule has 1 aromatic rings. The second-order valence-corrected chi connectivity index (χ2v) is 5.43. The molecule has 1 aliphatic carbocycles. The van der Waals surface area contributed by atoms with Gasteiger partial charge >= 0.3 is 0 Å². The van der Waals surface area contributed by atoms with Gasteiger partial charge in [0.25, 0.3) is 5.91 Å². The minimum Gasteiger partial charge on any atom is -0.379 e. The molecular formula is C13H20N4O2. The third-order valence-electron chi connectivity index (χ3n) is 3.94. The number of hydrogen-bond acceptors (Lipinski definition) is 4. The number of nitrogens with one attached hydrogen (secondary N) is 1. The highest BCUT2D eigenvalue weighted by molar-refractivity contribution is 5.93. The highest BCUT2D eigenvalue weighted by atomic mass is 16.5. The lowest BCUT2D eigenvalue weighted by Gasteiger charge is -2.22. The van der Waals surface area contributed by atoms with Gasteiger partial charge in [0.1, 0.15) is 0 Å². The predicted molar refractivity (Wildman–Crippen MR) is 68.9 cm³/mol. The van der Waals surface area contributed by atoms with Crippen LogP contribution in [-0.4, -0.2) is 52.5 Å². The van der Waals surface area contributed by atoms with Gasteiger partial charge in [0, 0.05) is 19.0 Å². The molecule has 1 N–H and O–H groups in total. The Balaban J connectivity index is 1.76. The summed E-state index contributed by atoms with van der Waals surface area (Å²) in [6.45, 7) is 4.89. The lowest BCUT2D eigenvalue weighted by Crippen LogP contribution is -2.36. The monoisotopic (exact) mass is 264 g/mol. The highest BCUT2D eigenvalue weighted by Crippen LogP contribution is 2.40. The summed E-state index contributed by atoms with van der Waals surface area (Å²) >= 11 is 0. The minimum atomic E-state index is -0.000370. The SMILES string of the molecule is CCC1COCCN(C(=O)c2n[nH]nc2C2CC2)C1. The average Bonchev–Trinajstić information content (AvgIpc) is 3.21. The maximum atomic E-state index is 12.6. The first-order chi connectivity index (χ1) is 9.29. The molecule has 2 aliphatic rings. The summed E-state index contributed by atoms with van der Waals surface area (Å²) in [5, 5.41) is 10.8. The maximum absolute atomic E-state index is 12.6. The lowest BCUT2D eigenvalue weighted by atomic mass is 10.1. The van der Waals surface area contributed by atoms with Gasteiger partial charge in [-0.05, 0) is 25.2 Å². The van der Waals surface area contributed by atoms with Crippen LogP contribution in [-0.2, 0) is 4.74 Å². The Morgan fingerprint density at radius 3 is 3.05 bits per heavy atom. The quantitative estimate of drug-likeness (QED) is 0.890. The van der Waals surface area contributed by atoms with E-state index in [0.29, 0.717) is 30.7 Å². The highest BCUT2D eigenvalue weighted by Gasteiger charge is 2.34. The number of hydrogen-bond donors (Lipinski definition) is 1. The van der Waals surface area contributed by atoms with Crippen molar-refractivity contribution >= 4 is 5.91 Å². The van der Waals surface area contributed by atoms with Crippen molar-refractivity contribution in [2.75, 3.05) is 26.3 Å². The van der Waals surface area contributed by atoms with Crippen LogP contribution in [0.4, 0.5) is 0 Å². The molecular weight excluding hydrogens is 244 g/mol. The van der Waals surface area contributed by atoms with Crippen LogP contribution in [0, 0.1) is 5.92 Å². The van der Waals surface area contributed by atoms with E-state index >= 15 is 0 Å². The van der Waals surface area contributed by atoms with E-state index in [1.807, 2.05) is 4.90 Å². The van der Waals surface area contributed by atoms with Gasteiger partial charge in [0.15, 0.2) is 5.69 Å². The Kier molecular flexibility index (Phi) is 3.50. The number of H-pyrrole nitrogens is 1. The van der Waals surface area contributed by atoms with E-state index in [0.717, 1.165) is 38.1 Å². The number of carbonyl (C=O) groups is 1. The molecule has 0 spiro atoms. The zero-order chi connectivity index (χ0) is 13.2. The van der Waals surface area contributed by atoms with Gasteiger partial charge in [-0.1, -0.05) is 6.92 Å². The topological polar surface area (TPSA) is 71.1 Å². The molecule has 3 rings (SSSR count). The van der Waals surface area contributed by atoms with Gasteiger partial charge in [0.05, 0.1) is 18.9 Å². The smallest absolute Gasteiger partial charge is 0.276 e. The van der Waals surface area contributed by atoms with Crippen molar-refractivity contribution in [3.8, 4) is 0 Å². The molecule has 6 heteroatoms. The molecule has 1 aromatic heterocycles. The Morgan fingerprint density at radius 2 is 2.32 bits per heavy atom. The second kappa shape index (κ2) is 5.28. The van der Waals surface area contributed by atoms with Crippen molar-refractivity contribution < 1.29 is 9.53 Å². The Labute approximate surface area is 112 Å². The molecule has 1 atom stereocenters. The molecule has 0 radical (unpaired) electrons. The summed E-state index contributed by atoms with van der Waals surface area (Å²) in [4.78, 5) is 14.4. The molecule has 2 fully saturated rings. The van der Waals surface area contributed by atoms with Crippen LogP contribution in [0.2, 0.25) is 0 Å². The van der Waals surface area contributed by atoms with Crippen molar-refractivity contribution in [2.24, 2.45) is 5.92 Å². The number of nitrogens with zero attached hydrogens (tertiary/aromatic N) is 3. The van der Waals surface area contributed by atoms with Gasteiger partial charge < -0.3 is 9.64 Å². The Bertz CT molecular complexity index is 455.